The summed E-state index contributed by atoms with van der Waals surface area (Å²) >= 11 is 7.66. The van der Waals surface area contributed by atoms with Crippen LogP contribution in [0.15, 0.2) is 40.5 Å². The second kappa shape index (κ2) is 7.62. The van der Waals surface area contributed by atoms with Crippen LogP contribution in [-0.2, 0) is 6.54 Å². The number of benzene rings is 1. The monoisotopic (exact) mass is 307 g/mol. The van der Waals surface area contributed by atoms with Crippen LogP contribution in [0.5, 0.6) is 0 Å². The van der Waals surface area contributed by atoms with Gasteiger partial charge in [-0.25, -0.2) is 9.97 Å². The van der Waals surface area contributed by atoms with E-state index in [1.54, 1.807) is 18.0 Å². The van der Waals surface area contributed by atoms with E-state index in [-0.39, 0.29) is 0 Å². The second-order valence-corrected chi connectivity index (χ2v) is 5.96. The highest BCUT2D eigenvalue weighted by molar-refractivity contribution is 7.99. The third-order valence-electron chi connectivity index (χ3n) is 2.74. The van der Waals surface area contributed by atoms with Crippen LogP contribution in [0, 0.1) is 6.92 Å². The summed E-state index contributed by atoms with van der Waals surface area (Å²) in [5, 5.41) is 4.93. The van der Waals surface area contributed by atoms with Crippen molar-refractivity contribution in [2.24, 2.45) is 0 Å². The van der Waals surface area contributed by atoms with Gasteiger partial charge in [0.25, 0.3) is 0 Å². The quantitative estimate of drug-likeness (QED) is 0.644. The molecule has 2 rings (SSSR count). The van der Waals surface area contributed by atoms with Crippen LogP contribution >= 0.6 is 23.4 Å². The van der Waals surface area contributed by atoms with E-state index in [0.29, 0.717) is 0 Å². The summed E-state index contributed by atoms with van der Waals surface area (Å²) < 4.78 is 0. The summed E-state index contributed by atoms with van der Waals surface area (Å²) in [7, 11) is 0. The molecule has 0 radical (unpaired) electrons. The summed E-state index contributed by atoms with van der Waals surface area (Å²) in [6, 6.07) is 7.84. The average molecular weight is 308 g/mol. The van der Waals surface area contributed by atoms with Gasteiger partial charge in [0.1, 0.15) is 0 Å². The molecule has 0 saturated carbocycles. The average Bonchev–Trinajstić information content (AvgIpc) is 2.42. The van der Waals surface area contributed by atoms with Crippen molar-refractivity contribution in [1.82, 2.24) is 15.3 Å². The largest absolute Gasteiger partial charge is 0.313 e. The van der Waals surface area contributed by atoms with E-state index in [1.165, 1.54) is 5.56 Å². The van der Waals surface area contributed by atoms with E-state index in [0.717, 1.165) is 40.3 Å². The molecule has 1 aromatic heterocycles. The Bertz CT molecular complexity index is 575. The third kappa shape index (κ3) is 4.47. The zero-order valence-corrected chi connectivity index (χ0v) is 13.3. The van der Waals surface area contributed by atoms with Gasteiger partial charge in [0.2, 0.25) is 0 Å². The van der Waals surface area contributed by atoms with Crippen molar-refractivity contribution >= 4 is 23.4 Å². The highest BCUT2D eigenvalue weighted by Crippen LogP contribution is 2.29. The number of aryl methyl sites for hydroxylation is 1. The predicted molar refractivity (Wildman–Crippen MR) is 84.3 cm³/mol. The van der Waals surface area contributed by atoms with Crippen molar-refractivity contribution in [2.75, 3.05) is 6.54 Å². The van der Waals surface area contributed by atoms with Gasteiger partial charge in [0.05, 0.1) is 0 Å². The van der Waals surface area contributed by atoms with Crippen molar-refractivity contribution in [2.45, 2.75) is 36.9 Å². The summed E-state index contributed by atoms with van der Waals surface area (Å²) in [4.78, 5) is 9.86. The topological polar surface area (TPSA) is 37.8 Å². The minimum absolute atomic E-state index is 0.757. The Hall–Kier alpha value is -1.10. The van der Waals surface area contributed by atoms with E-state index in [4.69, 9.17) is 11.6 Å². The number of aromatic nitrogens is 2. The molecule has 0 spiro atoms. The number of hydrogen-bond donors (Lipinski definition) is 1. The van der Waals surface area contributed by atoms with Gasteiger partial charge in [-0.15, -0.1) is 0 Å². The molecule has 1 heterocycles. The molecule has 1 aromatic carbocycles. The summed E-state index contributed by atoms with van der Waals surface area (Å²) in [6.45, 7) is 5.93. The summed E-state index contributed by atoms with van der Waals surface area (Å²) in [5.41, 5.74) is 2.16. The Balaban J connectivity index is 2.17. The maximum atomic E-state index is 6.09. The molecule has 0 fully saturated rings. The van der Waals surface area contributed by atoms with Crippen LogP contribution in [0.1, 0.15) is 24.6 Å². The fraction of sp³-hybridized carbons (Fsp3) is 0.333. The molecule has 3 nitrogen and oxygen atoms in total. The lowest BCUT2D eigenvalue weighted by atomic mass is 10.2. The molecule has 0 saturated heterocycles. The van der Waals surface area contributed by atoms with Crippen molar-refractivity contribution in [3.8, 4) is 0 Å². The van der Waals surface area contributed by atoms with Crippen molar-refractivity contribution in [3.63, 3.8) is 0 Å². The Morgan fingerprint density at radius 1 is 1.30 bits per heavy atom. The van der Waals surface area contributed by atoms with Gasteiger partial charge in [-0.2, -0.15) is 0 Å². The van der Waals surface area contributed by atoms with E-state index >= 15 is 0 Å². The van der Waals surface area contributed by atoms with Gasteiger partial charge in [-0.3, -0.25) is 0 Å². The van der Waals surface area contributed by atoms with Gasteiger partial charge in [-0.05, 0) is 61.5 Å². The maximum absolute atomic E-state index is 6.09. The molecule has 0 aliphatic rings. The molecule has 0 atom stereocenters. The summed E-state index contributed by atoms with van der Waals surface area (Å²) in [5.74, 6) is 0. The van der Waals surface area contributed by atoms with Crippen molar-refractivity contribution in [3.05, 3.63) is 46.7 Å². The van der Waals surface area contributed by atoms with Gasteiger partial charge in [-0.1, -0.05) is 18.5 Å². The smallest absolute Gasteiger partial charge is 0.192 e. The number of nitrogens with zero attached hydrogens (tertiary/aromatic N) is 2. The molecule has 5 heteroatoms. The molecular weight excluding hydrogens is 290 g/mol. The minimum atomic E-state index is 0.757. The van der Waals surface area contributed by atoms with E-state index in [2.05, 4.69) is 22.2 Å². The van der Waals surface area contributed by atoms with Crippen LogP contribution in [0.4, 0.5) is 0 Å². The van der Waals surface area contributed by atoms with Crippen LogP contribution < -0.4 is 5.32 Å². The molecule has 106 valence electrons. The third-order valence-corrected chi connectivity index (χ3v) is 3.97. The fourth-order valence-corrected chi connectivity index (χ4v) is 2.85. The minimum Gasteiger partial charge on any atom is -0.313 e. The standard InChI is InChI=1S/C15H18ClN3S/c1-3-7-17-10-12-9-13(16)4-5-14(12)20-15-18-8-6-11(2)19-15/h4-6,8-9,17H,3,7,10H2,1-2H3. The van der Waals surface area contributed by atoms with Gasteiger partial charge < -0.3 is 5.32 Å². The first kappa shape index (κ1) is 15.3. The summed E-state index contributed by atoms with van der Waals surface area (Å²) in [6.07, 6.45) is 2.90. The molecule has 0 aliphatic carbocycles. The molecule has 0 aliphatic heterocycles. The molecule has 0 amide bonds. The van der Waals surface area contributed by atoms with Crippen LogP contribution in [0.25, 0.3) is 0 Å². The Morgan fingerprint density at radius 2 is 2.15 bits per heavy atom. The molecule has 1 N–H and O–H groups in total. The SMILES string of the molecule is CCCNCc1cc(Cl)ccc1Sc1nccc(C)n1. The fourth-order valence-electron chi connectivity index (χ4n) is 1.76. The van der Waals surface area contributed by atoms with E-state index < -0.39 is 0 Å². The van der Waals surface area contributed by atoms with Crippen LogP contribution in [0.3, 0.4) is 0 Å². The lowest BCUT2D eigenvalue weighted by Gasteiger charge is -2.10. The second-order valence-electron chi connectivity index (χ2n) is 4.51. The number of nitrogens with one attached hydrogen (secondary N) is 1. The molecule has 20 heavy (non-hydrogen) atoms. The van der Waals surface area contributed by atoms with Gasteiger partial charge >= 0.3 is 0 Å². The molecule has 0 bridgehead atoms. The van der Waals surface area contributed by atoms with Crippen LogP contribution in [0.2, 0.25) is 5.02 Å². The first-order valence-electron chi connectivity index (χ1n) is 6.65. The molecule has 2 aromatic rings. The number of hydrogen-bond acceptors (Lipinski definition) is 4. The first-order valence-corrected chi connectivity index (χ1v) is 7.85. The van der Waals surface area contributed by atoms with E-state index in [9.17, 15) is 0 Å². The Kier molecular flexibility index (Phi) is 5.83. The zero-order chi connectivity index (χ0) is 14.4. The number of rotatable bonds is 6. The highest BCUT2D eigenvalue weighted by Gasteiger charge is 2.07. The number of halogens is 1. The van der Waals surface area contributed by atoms with Gasteiger partial charge in [0, 0.05) is 28.4 Å². The predicted octanol–water partition coefficient (Wildman–Crippen LogP) is 4.09. The lowest BCUT2D eigenvalue weighted by molar-refractivity contribution is 0.669. The highest BCUT2D eigenvalue weighted by atomic mass is 35.5. The van der Waals surface area contributed by atoms with Gasteiger partial charge in [0.15, 0.2) is 5.16 Å². The maximum Gasteiger partial charge on any atom is 0.192 e. The van der Waals surface area contributed by atoms with Crippen molar-refractivity contribution < 1.29 is 0 Å². The van der Waals surface area contributed by atoms with E-state index in [1.807, 2.05) is 31.2 Å². The van der Waals surface area contributed by atoms with Crippen LogP contribution in [-0.4, -0.2) is 16.5 Å². The Labute approximate surface area is 129 Å². The normalized spacial score (nSPS) is 10.8. The molecule has 0 unspecified atom stereocenters. The Morgan fingerprint density at radius 3 is 2.90 bits per heavy atom. The lowest BCUT2D eigenvalue weighted by Crippen LogP contribution is -2.14. The zero-order valence-electron chi connectivity index (χ0n) is 11.7. The first-order chi connectivity index (χ1) is 9.69. The molecular formula is C15H18ClN3S. The van der Waals surface area contributed by atoms with Crippen molar-refractivity contribution in [1.29, 1.82) is 0 Å².